The van der Waals surface area contributed by atoms with Gasteiger partial charge in [-0.15, -0.1) is 11.8 Å². The van der Waals surface area contributed by atoms with Crippen LogP contribution in [-0.4, -0.2) is 32.9 Å². The van der Waals surface area contributed by atoms with Crippen LogP contribution in [0.2, 0.25) is 0 Å². The van der Waals surface area contributed by atoms with E-state index in [9.17, 15) is 0 Å². The number of ether oxygens (including phenoxy) is 1. The van der Waals surface area contributed by atoms with Crippen LogP contribution in [0, 0.1) is 0 Å². The summed E-state index contributed by atoms with van der Waals surface area (Å²) in [5, 5.41) is 4.16. The molecule has 0 radical (unpaired) electrons. The van der Waals surface area contributed by atoms with Gasteiger partial charge in [0.2, 0.25) is 0 Å². The molecule has 6 heteroatoms. The molecular weight excluding hydrogens is 260 g/mol. The lowest BCUT2D eigenvalue weighted by Gasteiger charge is -2.07. The quantitative estimate of drug-likeness (QED) is 0.686. The molecule has 3 aromatic rings. The molecule has 0 saturated heterocycles. The van der Waals surface area contributed by atoms with Crippen molar-refractivity contribution in [3.05, 3.63) is 36.8 Å². The zero-order valence-corrected chi connectivity index (χ0v) is 11.4. The fourth-order valence-corrected chi connectivity index (χ4v) is 2.30. The Labute approximate surface area is 114 Å². The van der Waals surface area contributed by atoms with Crippen molar-refractivity contribution in [2.75, 3.05) is 13.4 Å². The molecule has 0 atom stereocenters. The highest BCUT2D eigenvalue weighted by molar-refractivity contribution is 7.98. The molecular formula is C13H12N4OS. The lowest BCUT2D eigenvalue weighted by molar-refractivity contribution is 0.415. The molecule has 0 aliphatic carbocycles. The number of benzene rings is 1. The minimum atomic E-state index is 0.577. The van der Waals surface area contributed by atoms with Crippen molar-refractivity contribution in [3.63, 3.8) is 0 Å². The SMILES string of the molecule is COc1cc(SC)ccc1-c1cn2nccnc2n1. The summed E-state index contributed by atoms with van der Waals surface area (Å²) in [6.45, 7) is 0. The number of imidazole rings is 1. The molecule has 0 unspecified atom stereocenters. The Morgan fingerprint density at radius 1 is 1.26 bits per heavy atom. The van der Waals surface area contributed by atoms with Crippen LogP contribution in [0.15, 0.2) is 41.7 Å². The predicted octanol–water partition coefficient (Wildman–Crippen LogP) is 2.52. The van der Waals surface area contributed by atoms with Crippen LogP contribution < -0.4 is 4.74 Å². The van der Waals surface area contributed by atoms with Gasteiger partial charge in [0.05, 0.1) is 31.4 Å². The fourth-order valence-electron chi connectivity index (χ4n) is 1.88. The Morgan fingerprint density at radius 2 is 2.16 bits per heavy atom. The van der Waals surface area contributed by atoms with E-state index in [0.29, 0.717) is 5.78 Å². The van der Waals surface area contributed by atoms with E-state index in [1.807, 2.05) is 30.7 Å². The van der Waals surface area contributed by atoms with Gasteiger partial charge in [-0.05, 0) is 24.5 Å². The number of nitrogens with zero attached hydrogens (tertiary/aromatic N) is 4. The molecule has 0 bridgehead atoms. The van der Waals surface area contributed by atoms with E-state index in [4.69, 9.17) is 4.74 Å². The summed E-state index contributed by atoms with van der Waals surface area (Å²) in [5.74, 6) is 1.38. The van der Waals surface area contributed by atoms with E-state index in [0.717, 1.165) is 21.9 Å². The molecule has 2 aromatic heterocycles. The Morgan fingerprint density at radius 3 is 2.89 bits per heavy atom. The Hall–Kier alpha value is -2.08. The van der Waals surface area contributed by atoms with Crippen molar-refractivity contribution >= 4 is 17.5 Å². The second-order valence-corrected chi connectivity index (χ2v) is 4.76. The molecule has 0 spiro atoms. The fraction of sp³-hybridized carbons (Fsp3) is 0.154. The van der Waals surface area contributed by atoms with Gasteiger partial charge in [0.25, 0.3) is 5.78 Å². The Bertz CT molecular complexity index is 692. The maximum atomic E-state index is 5.43. The van der Waals surface area contributed by atoms with Gasteiger partial charge < -0.3 is 4.74 Å². The standard InChI is InChI=1S/C13H12N4OS/c1-18-12-7-9(19-2)3-4-10(12)11-8-17-13(16-11)14-5-6-15-17/h3-8H,1-2H3. The number of fused-ring (bicyclic) bond motifs is 1. The lowest BCUT2D eigenvalue weighted by Crippen LogP contribution is -1.89. The summed E-state index contributed by atoms with van der Waals surface area (Å²) < 4.78 is 7.08. The third-order valence-electron chi connectivity index (χ3n) is 2.80. The molecule has 96 valence electrons. The van der Waals surface area contributed by atoms with Crippen LogP contribution >= 0.6 is 11.8 Å². The number of thioether (sulfide) groups is 1. The molecule has 2 heterocycles. The van der Waals surface area contributed by atoms with E-state index in [1.165, 1.54) is 0 Å². The average molecular weight is 272 g/mol. The number of hydrogen-bond donors (Lipinski definition) is 0. The summed E-state index contributed by atoms with van der Waals surface area (Å²) in [6.07, 6.45) is 7.14. The van der Waals surface area contributed by atoms with Crippen molar-refractivity contribution in [1.82, 2.24) is 19.6 Å². The van der Waals surface area contributed by atoms with Crippen LogP contribution in [-0.2, 0) is 0 Å². The third kappa shape index (κ3) is 2.15. The highest BCUT2D eigenvalue weighted by atomic mass is 32.2. The van der Waals surface area contributed by atoms with Gasteiger partial charge in [0, 0.05) is 10.5 Å². The first-order valence-corrected chi connectivity index (χ1v) is 6.93. The largest absolute Gasteiger partial charge is 0.496 e. The van der Waals surface area contributed by atoms with Crippen molar-refractivity contribution in [2.45, 2.75) is 4.90 Å². The Kier molecular flexibility index (Phi) is 3.08. The zero-order valence-electron chi connectivity index (χ0n) is 10.6. The minimum Gasteiger partial charge on any atom is -0.496 e. The van der Waals surface area contributed by atoms with Crippen LogP contribution in [0.1, 0.15) is 0 Å². The third-order valence-corrected chi connectivity index (χ3v) is 3.53. The molecule has 0 aliphatic heterocycles. The summed E-state index contributed by atoms with van der Waals surface area (Å²) in [5.41, 5.74) is 1.74. The monoisotopic (exact) mass is 272 g/mol. The molecule has 3 rings (SSSR count). The number of rotatable bonds is 3. The molecule has 0 aliphatic rings. The second-order valence-electron chi connectivity index (χ2n) is 3.88. The van der Waals surface area contributed by atoms with Gasteiger partial charge in [0.15, 0.2) is 0 Å². The number of aromatic nitrogens is 4. The molecule has 0 saturated carbocycles. The Balaban J connectivity index is 2.15. The predicted molar refractivity (Wildman–Crippen MR) is 74.6 cm³/mol. The van der Waals surface area contributed by atoms with Gasteiger partial charge in [-0.25, -0.2) is 14.5 Å². The van der Waals surface area contributed by atoms with E-state index in [1.54, 1.807) is 35.8 Å². The second kappa shape index (κ2) is 4.89. The normalized spacial score (nSPS) is 10.8. The molecule has 1 aromatic carbocycles. The first-order chi connectivity index (χ1) is 9.31. The molecule has 5 nitrogen and oxygen atoms in total. The number of methoxy groups -OCH3 is 1. The van der Waals surface area contributed by atoms with Crippen LogP contribution in [0.4, 0.5) is 0 Å². The van der Waals surface area contributed by atoms with Crippen molar-refractivity contribution < 1.29 is 4.74 Å². The van der Waals surface area contributed by atoms with E-state index in [-0.39, 0.29) is 0 Å². The van der Waals surface area contributed by atoms with Crippen LogP contribution in [0.5, 0.6) is 5.75 Å². The first kappa shape index (κ1) is 12.0. The van der Waals surface area contributed by atoms with Crippen molar-refractivity contribution in [1.29, 1.82) is 0 Å². The summed E-state index contributed by atoms with van der Waals surface area (Å²) in [6, 6.07) is 6.06. The smallest absolute Gasteiger partial charge is 0.251 e. The van der Waals surface area contributed by atoms with Crippen LogP contribution in [0.3, 0.4) is 0 Å². The maximum absolute atomic E-state index is 5.43. The summed E-state index contributed by atoms with van der Waals surface area (Å²) in [7, 11) is 1.66. The minimum absolute atomic E-state index is 0.577. The van der Waals surface area contributed by atoms with E-state index in [2.05, 4.69) is 15.1 Å². The van der Waals surface area contributed by atoms with Crippen molar-refractivity contribution in [3.8, 4) is 17.0 Å². The molecule has 19 heavy (non-hydrogen) atoms. The van der Waals surface area contributed by atoms with Crippen molar-refractivity contribution in [2.24, 2.45) is 0 Å². The van der Waals surface area contributed by atoms with Gasteiger partial charge in [-0.1, -0.05) is 0 Å². The first-order valence-electron chi connectivity index (χ1n) is 5.70. The maximum Gasteiger partial charge on any atom is 0.251 e. The molecule has 0 amide bonds. The molecule has 0 N–H and O–H groups in total. The highest BCUT2D eigenvalue weighted by Crippen LogP contribution is 2.32. The van der Waals surface area contributed by atoms with Gasteiger partial charge in [-0.2, -0.15) is 5.10 Å². The van der Waals surface area contributed by atoms with Gasteiger partial charge >= 0.3 is 0 Å². The average Bonchev–Trinajstić information content (AvgIpc) is 2.90. The summed E-state index contributed by atoms with van der Waals surface area (Å²) >= 11 is 1.68. The topological polar surface area (TPSA) is 52.3 Å². The van der Waals surface area contributed by atoms with Gasteiger partial charge in [-0.3, -0.25) is 0 Å². The van der Waals surface area contributed by atoms with E-state index >= 15 is 0 Å². The lowest BCUT2D eigenvalue weighted by atomic mass is 10.1. The van der Waals surface area contributed by atoms with E-state index < -0.39 is 0 Å². The zero-order chi connectivity index (χ0) is 13.2. The number of hydrogen-bond acceptors (Lipinski definition) is 5. The molecule has 0 fully saturated rings. The highest BCUT2D eigenvalue weighted by Gasteiger charge is 2.11. The van der Waals surface area contributed by atoms with Gasteiger partial charge in [0.1, 0.15) is 5.75 Å². The van der Waals surface area contributed by atoms with Crippen LogP contribution in [0.25, 0.3) is 17.0 Å². The summed E-state index contributed by atoms with van der Waals surface area (Å²) in [4.78, 5) is 9.76.